The SMILES string of the molecule is COc1cccc(Cl)c1CNC/C(N)=N/O. The van der Waals surface area contributed by atoms with Crippen LogP contribution in [0.15, 0.2) is 23.4 Å². The third-order valence-electron chi connectivity index (χ3n) is 2.03. The number of amidine groups is 1. The highest BCUT2D eigenvalue weighted by Crippen LogP contribution is 2.25. The smallest absolute Gasteiger partial charge is 0.153 e. The first-order valence-corrected chi connectivity index (χ1v) is 5.05. The van der Waals surface area contributed by atoms with Gasteiger partial charge in [0, 0.05) is 17.1 Å². The minimum Gasteiger partial charge on any atom is -0.496 e. The van der Waals surface area contributed by atoms with E-state index in [0.717, 1.165) is 5.56 Å². The molecule has 0 amide bonds. The molecule has 1 aromatic rings. The topological polar surface area (TPSA) is 79.9 Å². The van der Waals surface area contributed by atoms with Crippen LogP contribution in [0.25, 0.3) is 0 Å². The first kappa shape index (κ1) is 12.6. The second-order valence-electron chi connectivity index (χ2n) is 3.12. The fourth-order valence-corrected chi connectivity index (χ4v) is 1.49. The lowest BCUT2D eigenvalue weighted by Gasteiger charge is -2.10. The number of nitrogens with zero attached hydrogens (tertiary/aromatic N) is 1. The zero-order valence-electron chi connectivity index (χ0n) is 8.90. The summed E-state index contributed by atoms with van der Waals surface area (Å²) < 4.78 is 5.17. The molecular weight excluding hydrogens is 230 g/mol. The summed E-state index contributed by atoms with van der Waals surface area (Å²) in [5.41, 5.74) is 6.16. The van der Waals surface area contributed by atoms with Gasteiger partial charge in [0.05, 0.1) is 13.7 Å². The first-order chi connectivity index (χ1) is 7.69. The summed E-state index contributed by atoms with van der Waals surface area (Å²) in [5.74, 6) is 0.825. The van der Waals surface area contributed by atoms with Crippen LogP contribution < -0.4 is 15.8 Å². The third kappa shape index (κ3) is 3.29. The Morgan fingerprint density at radius 3 is 3.00 bits per heavy atom. The summed E-state index contributed by atoms with van der Waals surface area (Å²) >= 11 is 6.03. The van der Waals surface area contributed by atoms with E-state index in [1.54, 1.807) is 13.2 Å². The Hall–Kier alpha value is -1.46. The van der Waals surface area contributed by atoms with Gasteiger partial charge in [-0.1, -0.05) is 22.8 Å². The Labute approximate surface area is 98.8 Å². The molecule has 0 aromatic heterocycles. The average Bonchev–Trinajstić information content (AvgIpc) is 2.30. The molecule has 0 saturated carbocycles. The summed E-state index contributed by atoms with van der Waals surface area (Å²) in [4.78, 5) is 0. The van der Waals surface area contributed by atoms with Crippen LogP contribution in [0.4, 0.5) is 0 Å². The van der Waals surface area contributed by atoms with Crippen LogP contribution in [-0.4, -0.2) is 24.7 Å². The van der Waals surface area contributed by atoms with Crippen molar-refractivity contribution in [2.45, 2.75) is 6.54 Å². The van der Waals surface area contributed by atoms with Gasteiger partial charge in [0.1, 0.15) is 5.75 Å². The van der Waals surface area contributed by atoms with Crippen molar-refractivity contribution in [3.05, 3.63) is 28.8 Å². The van der Waals surface area contributed by atoms with Crippen LogP contribution in [-0.2, 0) is 6.54 Å². The summed E-state index contributed by atoms with van der Waals surface area (Å²) in [5, 5.41) is 14.8. The molecule has 0 atom stereocenters. The van der Waals surface area contributed by atoms with Gasteiger partial charge in [-0.2, -0.15) is 0 Å². The van der Waals surface area contributed by atoms with E-state index in [1.807, 2.05) is 12.1 Å². The predicted molar refractivity (Wildman–Crippen MR) is 63.1 cm³/mol. The molecule has 4 N–H and O–H groups in total. The summed E-state index contributed by atoms with van der Waals surface area (Å²) in [6.45, 7) is 0.768. The van der Waals surface area contributed by atoms with Crippen molar-refractivity contribution in [2.75, 3.05) is 13.7 Å². The highest BCUT2D eigenvalue weighted by molar-refractivity contribution is 6.31. The molecule has 1 rings (SSSR count). The van der Waals surface area contributed by atoms with E-state index in [-0.39, 0.29) is 12.4 Å². The molecule has 0 radical (unpaired) electrons. The quantitative estimate of drug-likeness (QED) is 0.314. The molecule has 6 heteroatoms. The van der Waals surface area contributed by atoms with Crippen molar-refractivity contribution in [1.82, 2.24) is 5.32 Å². The van der Waals surface area contributed by atoms with Crippen molar-refractivity contribution < 1.29 is 9.94 Å². The number of benzene rings is 1. The lowest BCUT2D eigenvalue weighted by molar-refractivity contribution is 0.317. The number of hydrogen-bond donors (Lipinski definition) is 3. The van der Waals surface area contributed by atoms with E-state index in [1.165, 1.54) is 0 Å². The summed E-state index contributed by atoms with van der Waals surface area (Å²) in [6.07, 6.45) is 0. The van der Waals surface area contributed by atoms with Gasteiger partial charge in [-0.3, -0.25) is 0 Å². The number of nitrogens with one attached hydrogen (secondary N) is 1. The molecule has 5 nitrogen and oxygen atoms in total. The number of nitrogens with two attached hydrogens (primary N) is 1. The molecule has 0 unspecified atom stereocenters. The minimum atomic E-state index is 0.117. The molecule has 16 heavy (non-hydrogen) atoms. The van der Waals surface area contributed by atoms with Crippen LogP contribution >= 0.6 is 11.6 Å². The van der Waals surface area contributed by atoms with Gasteiger partial charge < -0.3 is 21.0 Å². The normalized spacial score (nSPS) is 11.5. The van der Waals surface area contributed by atoms with Crippen LogP contribution in [0.2, 0.25) is 5.02 Å². The fourth-order valence-electron chi connectivity index (χ4n) is 1.25. The van der Waals surface area contributed by atoms with Gasteiger partial charge in [0.2, 0.25) is 0 Å². The van der Waals surface area contributed by atoms with Gasteiger partial charge in [-0.25, -0.2) is 0 Å². The molecule has 1 aromatic carbocycles. The maximum atomic E-state index is 8.36. The van der Waals surface area contributed by atoms with E-state index in [2.05, 4.69) is 10.5 Å². The molecule has 0 heterocycles. The molecule has 0 aliphatic heterocycles. The van der Waals surface area contributed by atoms with E-state index < -0.39 is 0 Å². The molecule has 0 aliphatic rings. The van der Waals surface area contributed by atoms with Crippen molar-refractivity contribution in [3.63, 3.8) is 0 Å². The second-order valence-corrected chi connectivity index (χ2v) is 3.52. The lowest BCUT2D eigenvalue weighted by Crippen LogP contribution is -2.28. The maximum absolute atomic E-state index is 8.36. The molecule has 0 fully saturated rings. The van der Waals surface area contributed by atoms with E-state index >= 15 is 0 Å². The zero-order valence-corrected chi connectivity index (χ0v) is 9.66. The number of rotatable bonds is 5. The highest BCUT2D eigenvalue weighted by atomic mass is 35.5. The van der Waals surface area contributed by atoms with Crippen LogP contribution in [0.1, 0.15) is 5.56 Å². The number of oxime groups is 1. The molecule has 0 bridgehead atoms. The van der Waals surface area contributed by atoms with Gasteiger partial charge in [-0.15, -0.1) is 0 Å². The molecule has 0 aliphatic carbocycles. The van der Waals surface area contributed by atoms with Crippen LogP contribution in [0.3, 0.4) is 0 Å². The maximum Gasteiger partial charge on any atom is 0.153 e. The van der Waals surface area contributed by atoms with Crippen LogP contribution in [0.5, 0.6) is 5.75 Å². The van der Waals surface area contributed by atoms with Crippen molar-refractivity contribution in [2.24, 2.45) is 10.9 Å². The van der Waals surface area contributed by atoms with Crippen molar-refractivity contribution in [3.8, 4) is 5.75 Å². The van der Waals surface area contributed by atoms with Gasteiger partial charge in [-0.05, 0) is 12.1 Å². The van der Waals surface area contributed by atoms with E-state index in [9.17, 15) is 0 Å². The highest BCUT2D eigenvalue weighted by Gasteiger charge is 2.06. The van der Waals surface area contributed by atoms with E-state index in [4.69, 9.17) is 27.3 Å². The monoisotopic (exact) mass is 243 g/mol. The predicted octanol–water partition coefficient (Wildman–Crippen LogP) is 1.18. The van der Waals surface area contributed by atoms with Crippen molar-refractivity contribution in [1.29, 1.82) is 0 Å². The van der Waals surface area contributed by atoms with Gasteiger partial charge >= 0.3 is 0 Å². The second kappa shape index (κ2) is 6.19. The molecular formula is C10H14ClN3O2. The standard InChI is InChI=1S/C10H14ClN3O2/c1-16-9-4-2-3-8(11)7(9)5-13-6-10(12)14-15/h2-4,13,15H,5-6H2,1H3,(H2,12,14). The largest absolute Gasteiger partial charge is 0.496 e. The number of hydrogen-bond acceptors (Lipinski definition) is 4. The molecule has 88 valence electrons. The number of methoxy groups -OCH3 is 1. The van der Waals surface area contributed by atoms with E-state index in [0.29, 0.717) is 17.3 Å². The lowest BCUT2D eigenvalue weighted by atomic mass is 10.2. The van der Waals surface area contributed by atoms with Gasteiger partial charge in [0.25, 0.3) is 0 Å². The first-order valence-electron chi connectivity index (χ1n) is 4.67. The molecule has 0 saturated heterocycles. The van der Waals surface area contributed by atoms with Crippen molar-refractivity contribution >= 4 is 17.4 Å². The summed E-state index contributed by atoms with van der Waals surface area (Å²) in [7, 11) is 1.58. The molecule has 0 spiro atoms. The summed E-state index contributed by atoms with van der Waals surface area (Å²) in [6, 6.07) is 5.42. The third-order valence-corrected chi connectivity index (χ3v) is 2.39. The number of halogens is 1. The Morgan fingerprint density at radius 2 is 2.38 bits per heavy atom. The minimum absolute atomic E-state index is 0.117. The van der Waals surface area contributed by atoms with Crippen LogP contribution in [0, 0.1) is 0 Å². The number of ether oxygens (including phenoxy) is 1. The average molecular weight is 244 g/mol. The van der Waals surface area contributed by atoms with Gasteiger partial charge in [0.15, 0.2) is 5.84 Å². The Bertz CT molecular complexity index is 382. The zero-order chi connectivity index (χ0) is 12.0. The Kier molecular flexibility index (Phi) is 4.88. The Balaban J connectivity index is 2.66. The fraction of sp³-hybridized carbons (Fsp3) is 0.300. The Morgan fingerprint density at radius 1 is 1.62 bits per heavy atom.